The minimum absolute atomic E-state index is 0.223. The molecule has 8 nitrogen and oxygen atoms in total. The third-order valence-electron chi connectivity index (χ3n) is 3.68. The highest BCUT2D eigenvalue weighted by molar-refractivity contribution is 6.33. The second-order valence-corrected chi connectivity index (χ2v) is 6.11. The van der Waals surface area contributed by atoms with Crippen LogP contribution in [-0.2, 0) is 11.3 Å². The van der Waals surface area contributed by atoms with E-state index >= 15 is 0 Å². The number of benzene rings is 1. The summed E-state index contributed by atoms with van der Waals surface area (Å²) >= 11 is 6.22. The molecule has 2 aromatic rings. The van der Waals surface area contributed by atoms with Gasteiger partial charge in [0.25, 0.3) is 11.8 Å². The monoisotopic (exact) mass is 389 g/mol. The summed E-state index contributed by atoms with van der Waals surface area (Å²) in [6.07, 6.45) is 1.87. The van der Waals surface area contributed by atoms with E-state index in [1.807, 2.05) is 13.0 Å². The molecule has 0 saturated carbocycles. The number of hydrazine groups is 1. The van der Waals surface area contributed by atoms with Crippen LogP contribution in [-0.4, -0.2) is 28.2 Å². The van der Waals surface area contributed by atoms with Crippen LogP contribution in [0.1, 0.15) is 41.4 Å². The number of aryl methyl sites for hydroxylation is 2. The number of unbranched alkanes of at least 4 members (excludes halogenated alkanes) is 1. The van der Waals surface area contributed by atoms with E-state index in [1.165, 1.54) is 0 Å². The smallest absolute Gasteiger partial charge is 0.276 e. The normalized spacial score (nSPS) is 10.1. The predicted octanol–water partition coefficient (Wildman–Crippen LogP) is 2.36. The van der Waals surface area contributed by atoms with Gasteiger partial charge >= 0.3 is 0 Å². The van der Waals surface area contributed by atoms with Crippen molar-refractivity contribution in [2.24, 2.45) is 0 Å². The van der Waals surface area contributed by atoms with Gasteiger partial charge in [0.1, 0.15) is 16.5 Å². The minimum atomic E-state index is -0.549. The second kappa shape index (κ2) is 9.59. The number of nitriles is 1. The van der Waals surface area contributed by atoms with E-state index in [4.69, 9.17) is 21.6 Å². The minimum Gasteiger partial charge on any atom is -0.484 e. The second-order valence-electron chi connectivity index (χ2n) is 5.76. The zero-order valence-corrected chi connectivity index (χ0v) is 15.8. The quantitative estimate of drug-likeness (QED) is 0.706. The van der Waals surface area contributed by atoms with Gasteiger partial charge in [-0.25, -0.2) is 0 Å². The fourth-order valence-corrected chi connectivity index (χ4v) is 2.61. The fraction of sp³-hybridized carbons (Fsp3) is 0.333. The summed E-state index contributed by atoms with van der Waals surface area (Å²) in [6, 6.07) is 8.31. The number of halogens is 1. The lowest BCUT2D eigenvalue weighted by molar-refractivity contribution is -0.123. The number of ether oxygens (including phenoxy) is 1. The maximum atomic E-state index is 12.3. The van der Waals surface area contributed by atoms with Crippen LogP contribution >= 0.6 is 11.6 Å². The highest BCUT2D eigenvalue weighted by Crippen LogP contribution is 2.20. The number of hydrogen-bond acceptors (Lipinski definition) is 5. The zero-order valence-electron chi connectivity index (χ0n) is 15.1. The van der Waals surface area contributed by atoms with Crippen molar-refractivity contribution in [3.05, 3.63) is 46.2 Å². The van der Waals surface area contributed by atoms with Crippen molar-refractivity contribution >= 4 is 23.4 Å². The first-order chi connectivity index (χ1) is 13.0. The number of amides is 2. The van der Waals surface area contributed by atoms with Gasteiger partial charge in [-0.2, -0.15) is 10.4 Å². The van der Waals surface area contributed by atoms with Crippen molar-refractivity contribution < 1.29 is 14.3 Å². The van der Waals surface area contributed by atoms with E-state index in [1.54, 1.807) is 35.9 Å². The molecule has 2 rings (SSSR count). The molecule has 0 unspecified atom stereocenters. The van der Waals surface area contributed by atoms with Crippen molar-refractivity contribution in [3.63, 3.8) is 0 Å². The van der Waals surface area contributed by atoms with Crippen LogP contribution in [0.2, 0.25) is 5.15 Å². The number of carbonyl (C=O) groups is 2. The van der Waals surface area contributed by atoms with Crippen LogP contribution in [0.3, 0.4) is 0 Å². The van der Waals surface area contributed by atoms with Crippen molar-refractivity contribution in [1.29, 1.82) is 5.26 Å². The highest BCUT2D eigenvalue weighted by Gasteiger charge is 2.20. The first-order valence-corrected chi connectivity index (χ1v) is 8.79. The molecular formula is C18H20ClN5O3. The fourth-order valence-electron chi connectivity index (χ4n) is 2.27. The van der Waals surface area contributed by atoms with E-state index in [0.717, 1.165) is 12.8 Å². The lowest BCUT2D eigenvalue weighted by Crippen LogP contribution is -2.44. The van der Waals surface area contributed by atoms with Crippen LogP contribution in [0.4, 0.5) is 0 Å². The van der Waals surface area contributed by atoms with Gasteiger partial charge in [-0.3, -0.25) is 25.1 Å². The van der Waals surface area contributed by atoms with Crippen LogP contribution in [0, 0.1) is 18.3 Å². The maximum Gasteiger partial charge on any atom is 0.276 e. The third kappa shape index (κ3) is 5.46. The number of hydrogen-bond donors (Lipinski definition) is 2. The molecule has 0 aliphatic rings. The Balaban J connectivity index is 1.86. The maximum absolute atomic E-state index is 12.3. The zero-order chi connectivity index (χ0) is 19.8. The number of aromatic nitrogens is 2. The first kappa shape index (κ1) is 20.3. The number of nitrogens with zero attached hydrogens (tertiary/aromatic N) is 3. The molecule has 0 atom stereocenters. The molecule has 1 aromatic carbocycles. The molecule has 0 bridgehead atoms. The Labute approximate surface area is 162 Å². The van der Waals surface area contributed by atoms with Crippen LogP contribution in [0.25, 0.3) is 0 Å². The van der Waals surface area contributed by atoms with Gasteiger partial charge in [-0.15, -0.1) is 0 Å². The molecule has 0 spiro atoms. The summed E-state index contributed by atoms with van der Waals surface area (Å²) in [5.41, 5.74) is 5.77. The van der Waals surface area contributed by atoms with Crippen molar-refractivity contribution in [1.82, 2.24) is 20.6 Å². The van der Waals surface area contributed by atoms with Gasteiger partial charge in [-0.05, 0) is 37.6 Å². The van der Waals surface area contributed by atoms with Gasteiger partial charge in [0, 0.05) is 6.54 Å². The van der Waals surface area contributed by atoms with Gasteiger partial charge in [0.15, 0.2) is 6.61 Å². The average Bonchev–Trinajstić information content (AvgIpc) is 2.96. The summed E-state index contributed by atoms with van der Waals surface area (Å²) in [6.45, 7) is 4.05. The predicted molar refractivity (Wildman–Crippen MR) is 99.1 cm³/mol. The van der Waals surface area contributed by atoms with Crippen LogP contribution < -0.4 is 15.6 Å². The summed E-state index contributed by atoms with van der Waals surface area (Å²) in [5.74, 6) is -0.654. The molecule has 27 heavy (non-hydrogen) atoms. The van der Waals surface area contributed by atoms with Gasteiger partial charge in [0.05, 0.1) is 17.3 Å². The molecule has 1 heterocycles. The Bertz CT molecular complexity index is 855. The topological polar surface area (TPSA) is 109 Å². The van der Waals surface area contributed by atoms with Gasteiger partial charge in [-0.1, -0.05) is 24.9 Å². The molecule has 2 amide bonds. The first-order valence-electron chi connectivity index (χ1n) is 8.41. The molecule has 0 radical (unpaired) electrons. The molecule has 0 saturated heterocycles. The Hall–Kier alpha value is -3.05. The molecule has 9 heteroatoms. The summed E-state index contributed by atoms with van der Waals surface area (Å²) < 4.78 is 6.86. The average molecular weight is 390 g/mol. The summed E-state index contributed by atoms with van der Waals surface area (Å²) in [4.78, 5) is 24.1. The Kier molecular flexibility index (Phi) is 7.20. The van der Waals surface area contributed by atoms with Crippen molar-refractivity contribution in [3.8, 4) is 11.8 Å². The molecule has 0 aliphatic heterocycles. The Morgan fingerprint density at radius 1 is 1.30 bits per heavy atom. The van der Waals surface area contributed by atoms with Gasteiger partial charge in [0.2, 0.25) is 0 Å². The highest BCUT2D eigenvalue weighted by atomic mass is 35.5. The van der Waals surface area contributed by atoms with E-state index in [0.29, 0.717) is 23.6 Å². The number of nitrogens with one attached hydrogen (secondary N) is 2. The molecule has 1 aromatic heterocycles. The van der Waals surface area contributed by atoms with E-state index in [9.17, 15) is 9.59 Å². The lowest BCUT2D eigenvalue weighted by atomic mass is 10.2. The van der Waals surface area contributed by atoms with E-state index < -0.39 is 11.8 Å². The van der Waals surface area contributed by atoms with Crippen LogP contribution in [0.5, 0.6) is 5.75 Å². The van der Waals surface area contributed by atoms with Crippen LogP contribution in [0.15, 0.2) is 24.3 Å². The molecule has 0 fully saturated rings. The van der Waals surface area contributed by atoms with E-state index in [2.05, 4.69) is 16.0 Å². The largest absolute Gasteiger partial charge is 0.484 e. The SMILES string of the molecule is CCCCn1nc(C)c(C(=O)NNC(=O)COc2ccc(C#N)cc2)c1Cl. The standard InChI is InChI=1S/C18H20ClN5O3/c1-3-4-9-24-17(19)16(12(2)23-24)18(26)22-21-15(25)11-27-14-7-5-13(10-20)6-8-14/h5-8H,3-4,9,11H2,1-2H3,(H,21,25)(H,22,26). The molecule has 142 valence electrons. The van der Waals surface area contributed by atoms with Crippen molar-refractivity contribution in [2.45, 2.75) is 33.2 Å². The Morgan fingerprint density at radius 2 is 2.00 bits per heavy atom. The molecule has 0 aliphatic carbocycles. The van der Waals surface area contributed by atoms with Crippen molar-refractivity contribution in [2.75, 3.05) is 6.61 Å². The van der Waals surface area contributed by atoms with E-state index in [-0.39, 0.29) is 17.3 Å². The third-order valence-corrected chi connectivity index (χ3v) is 4.07. The van der Waals surface area contributed by atoms with Gasteiger partial charge < -0.3 is 4.74 Å². The molecular weight excluding hydrogens is 370 g/mol. The molecule has 2 N–H and O–H groups in total. The number of carbonyl (C=O) groups excluding carboxylic acids is 2. The summed E-state index contributed by atoms with van der Waals surface area (Å²) in [7, 11) is 0. The Morgan fingerprint density at radius 3 is 2.63 bits per heavy atom. The lowest BCUT2D eigenvalue weighted by Gasteiger charge is -2.09. The number of rotatable bonds is 7. The summed E-state index contributed by atoms with van der Waals surface area (Å²) in [5, 5.41) is 13.2.